The van der Waals surface area contributed by atoms with Gasteiger partial charge in [0.05, 0.1) is 24.4 Å². The second-order valence-corrected chi connectivity index (χ2v) is 9.13. The number of aryl methyl sites for hydroxylation is 1. The maximum atomic E-state index is 13.7. The summed E-state index contributed by atoms with van der Waals surface area (Å²) in [5, 5.41) is 4.16. The van der Waals surface area contributed by atoms with Crippen LogP contribution in [0.3, 0.4) is 0 Å². The number of carbonyl (C=O) groups excluding carboxylic acids is 3. The lowest BCUT2D eigenvalue weighted by atomic mass is 9.75. The predicted octanol–water partition coefficient (Wildman–Crippen LogP) is 2.37. The number of ether oxygens (including phenoxy) is 1. The minimum Gasteiger partial charge on any atom is -0.492 e. The molecule has 3 aromatic rings. The Balaban J connectivity index is 1.43. The van der Waals surface area contributed by atoms with E-state index in [0.717, 1.165) is 5.56 Å². The molecule has 0 spiro atoms. The zero-order valence-corrected chi connectivity index (χ0v) is 20.7. The van der Waals surface area contributed by atoms with Gasteiger partial charge in [-0.1, -0.05) is 30.3 Å². The van der Waals surface area contributed by atoms with Crippen LogP contribution >= 0.6 is 0 Å². The normalized spacial score (nSPS) is 17.4. The summed E-state index contributed by atoms with van der Waals surface area (Å²) >= 11 is 0. The van der Waals surface area contributed by atoms with Gasteiger partial charge in [-0.3, -0.25) is 28.9 Å². The summed E-state index contributed by atoms with van der Waals surface area (Å²) < 4.78 is 7.38. The molecule has 1 aliphatic heterocycles. The van der Waals surface area contributed by atoms with Crippen LogP contribution in [0.1, 0.15) is 30.4 Å². The van der Waals surface area contributed by atoms with Gasteiger partial charge in [0.15, 0.2) is 0 Å². The summed E-state index contributed by atoms with van der Waals surface area (Å²) in [6.45, 7) is 1.07. The van der Waals surface area contributed by atoms with Crippen molar-refractivity contribution in [1.82, 2.24) is 24.6 Å². The van der Waals surface area contributed by atoms with E-state index in [-0.39, 0.29) is 37.1 Å². The van der Waals surface area contributed by atoms with E-state index >= 15 is 0 Å². The summed E-state index contributed by atoms with van der Waals surface area (Å²) in [5.41, 5.74) is 0.510. The van der Waals surface area contributed by atoms with Gasteiger partial charge in [-0.25, -0.2) is 0 Å². The van der Waals surface area contributed by atoms with E-state index in [4.69, 9.17) is 4.74 Å². The fraction of sp³-hybridized carbons (Fsp3) is 0.370. The van der Waals surface area contributed by atoms with Gasteiger partial charge in [-0.2, -0.15) is 5.10 Å². The van der Waals surface area contributed by atoms with Crippen LogP contribution in [0.25, 0.3) is 0 Å². The van der Waals surface area contributed by atoms with Crippen LogP contribution in [0, 0.1) is 0 Å². The van der Waals surface area contributed by atoms with E-state index in [2.05, 4.69) is 10.1 Å². The van der Waals surface area contributed by atoms with E-state index in [1.54, 1.807) is 47.4 Å². The van der Waals surface area contributed by atoms with E-state index in [9.17, 15) is 14.4 Å². The number of aromatic nitrogens is 3. The van der Waals surface area contributed by atoms with Gasteiger partial charge in [-0.05, 0) is 36.1 Å². The van der Waals surface area contributed by atoms with Crippen molar-refractivity contribution in [3.63, 3.8) is 0 Å². The summed E-state index contributed by atoms with van der Waals surface area (Å²) in [6.07, 6.45) is 8.02. The number of hydrogen-bond donors (Lipinski definition) is 0. The first-order chi connectivity index (χ1) is 17.4. The van der Waals surface area contributed by atoms with Crippen molar-refractivity contribution in [1.29, 1.82) is 0 Å². The highest BCUT2D eigenvalue weighted by Gasteiger charge is 2.53. The summed E-state index contributed by atoms with van der Waals surface area (Å²) in [7, 11) is 3.58. The first-order valence-corrected chi connectivity index (χ1v) is 12.0. The highest BCUT2D eigenvalue weighted by Crippen LogP contribution is 2.40. The van der Waals surface area contributed by atoms with E-state index < -0.39 is 5.41 Å². The Labute approximate surface area is 210 Å². The summed E-state index contributed by atoms with van der Waals surface area (Å²) in [4.78, 5) is 46.9. The topological polar surface area (TPSA) is 97.6 Å². The molecule has 0 saturated carbocycles. The van der Waals surface area contributed by atoms with Gasteiger partial charge in [0.25, 0.3) is 0 Å². The second kappa shape index (κ2) is 11.2. The third-order valence-corrected chi connectivity index (χ3v) is 6.54. The molecule has 1 unspecified atom stereocenters. The van der Waals surface area contributed by atoms with Crippen LogP contribution in [0.15, 0.2) is 67.3 Å². The highest BCUT2D eigenvalue weighted by molar-refractivity contribution is 6.10. The van der Waals surface area contributed by atoms with Crippen molar-refractivity contribution < 1.29 is 19.1 Å². The lowest BCUT2D eigenvalue weighted by Crippen LogP contribution is -2.43. The van der Waals surface area contributed by atoms with Gasteiger partial charge in [-0.15, -0.1) is 0 Å². The number of likely N-dealkylation sites (tertiary alicyclic amines) is 1. The monoisotopic (exact) mass is 489 g/mol. The van der Waals surface area contributed by atoms with Gasteiger partial charge < -0.3 is 9.64 Å². The first kappa shape index (κ1) is 25.1. The van der Waals surface area contributed by atoms with Crippen LogP contribution in [0.2, 0.25) is 0 Å². The fourth-order valence-electron chi connectivity index (χ4n) is 4.51. The Hall–Kier alpha value is -4.01. The van der Waals surface area contributed by atoms with Crippen molar-refractivity contribution >= 4 is 17.7 Å². The lowest BCUT2D eigenvalue weighted by Gasteiger charge is -2.29. The molecule has 1 atom stereocenters. The first-order valence-electron chi connectivity index (χ1n) is 12.0. The largest absolute Gasteiger partial charge is 0.492 e. The fourth-order valence-corrected chi connectivity index (χ4v) is 4.51. The molecule has 0 bridgehead atoms. The molecule has 9 heteroatoms. The maximum absolute atomic E-state index is 13.7. The smallest absolute Gasteiger partial charge is 0.240 e. The zero-order valence-electron chi connectivity index (χ0n) is 20.7. The predicted molar refractivity (Wildman–Crippen MR) is 133 cm³/mol. The van der Waals surface area contributed by atoms with Crippen molar-refractivity contribution in [2.24, 2.45) is 7.05 Å². The Bertz CT molecular complexity index is 1200. The van der Waals surface area contributed by atoms with Crippen LogP contribution in [-0.4, -0.2) is 69.0 Å². The van der Waals surface area contributed by atoms with E-state index in [0.29, 0.717) is 37.3 Å². The van der Waals surface area contributed by atoms with Crippen molar-refractivity contribution in [2.45, 2.75) is 31.1 Å². The van der Waals surface area contributed by atoms with E-state index in [1.165, 1.54) is 4.90 Å². The molecule has 1 fully saturated rings. The maximum Gasteiger partial charge on any atom is 0.240 e. The third-order valence-electron chi connectivity index (χ3n) is 6.54. The van der Waals surface area contributed by atoms with Gasteiger partial charge >= 0.3 is 0 Å². The summed E-state index contributed by atoms with van der Waals surface area (Å²) in [5.74, 6) is -0.133. The van der Waals surface area contributed by atoms with Crippen LogP contribution < -0.4 is 4.74 Å². The van der Waals surface area contributed by atoms with Crippen LogP contribution in [0.5, 0.6) is 5.75 Å². The van der Waals surface area contributed by atoms with Gasteiger partial charge in [0, 0.05) is 52.4 Å². The van der Waals surface area contributed by atoms with Crippen molar-refractivity contribution in [3.8, 4) is 5.75 Å². The molecule has 3 heterocycles. The summed E-state index contributed by atoms with van der Waals surface area (Å²) in [6, 6.07) is 12.7. The number of pyridine rings is 1. The van der Waals surface area contributed by atoms with E-state index in [1.807, 2.05) is 43.6 Å². The molecule has 1 aliphatic rings. The molecule has 0 N–H and O–H groups in total. The number of amides is 3. The molecular formula is C27H31N5O4. The standard InChI is InChI=1S/C27H31N5O4/c1-30(14-11-21-18-29-31(2)20-21)24(33)16-27(22-8-4-3-5-9-22)17-25(34)32(26(27)35)13-7-15-36-23-10-6-12-28-19-23/h3-6,8-10,12,18-20H,7,11,13-17H2,1-2H3. The number of carbonyl (C=O) groups is 3. The Kier molecular flexibility index (Phi) is 7.77. The number of benzene rings is 1. The zero-order chi connectivity index (χ0) is 25.5. The molecule has 3 amide bonds. The molecule has 0 radical (unpaired) electrons. The number of likely N-dealkylation sites (N-methyl/N-ethyl adjacent to an activating group) is 1. The Morgan fingerprint density at radius 2 is 1.94 bits per heavy atom. The van der Waals surface area contributed by atoms with Crippen LogP contribution in [0.4, 0.5) is 0 Å². The van der Waals surface area contributed by atoms with Crippen LogP contribution in [-0.2, 0) is 33.3 Å². The molecular weight excluding hydrogens is 458 g/mol. The Morgan fingerprint density at radius 1 is 1.14 bits per heavy atom. The molecule has 4 rings (SSSR count). The lowest BCUT2D eigenvalue weighted by molar-refractivity contribution is -0.142. The van der Waals surface area contributed by atoms with Crippen molar-refractivity contribution in [3.05, 3.63) is 78.4 Å². The Morgan fingerprint density at radius 3 is 2.64 bits per heavy atom. The van der Waals surface area contributed by atoms with Crippen molar-refractivity contribution in [2.75, 3.05) is 26.7 Å². The molecule has 2 aromatic heterocycles. The molecule has 188 valence electrons. The minimum atomic E-state index is -1.21. The number of nitrogens with zero attached hydrogens (tertiary/aromatic N) is 5. The average molecular weight is 490 g/mol. The second-order valence-electron chi connectivity index (χ2n) is 9.13. The number of rotatable bonds is 11. The minimum absolute atomic E-state index is 0.0263. The average Bonchev–Trinajstić information content (AvgIpc) is 3.41. The molecule has 1 aromatic carbocycles. The SMILES string of the molecule is CN(CCc1cnn(C)c1)C(=O)CC1(c2ccccc2)CC(=O)N(CCCOc2cccnc2)C1=O. The van der Waals surface area contributed by atoms with Gasteiger partial charge in [0.1, 0.15) is 5.75 Å². The number of hydrogen-bond acceptors (Lipinski definition) is 6. The highest BCUT2D eigenvalue weighted by atomic mass is 16.5. The van der Waals surface area contributed by atoms with Gasteiger partial charge in [0.2, 0.25) is 17.7 Å². The molecule has 0 aliphatic carbocycles. The third kappa shape index (κ3) is 5.62. The number of imide groups is 1. The molecule has 1 saturated heterocycles. The molecule has 36 heavy (non-hydrogen) atoms. The molecule has 9 nitrogen and oxygen atoms in total. The quantitative estimate of drug-likeness (QED) is 0.303.